The highest BCUT2D eigenvalue weighted by molar-refractivity contribution is 7.12. The Bertz CT molecular complexity index is 1320. The van der Waals surface area contributed by atoms with Crippen LogP contribution in [-0.2, 0) is 37.0 Å². The number of alkyl halides is 6. The molecule has 0 spiro atoms. The molecular weight excluding hydrogens is 576 g/mol. The minimum absolute atomic E-state index is 0.0459. The van der Waals surface area contributed by atoms with E-state index in [9.17, 15) is 40.7 Å². The van der Waals surface area contributed by atoms with Gasteiger partial charge < -0.3 is 19.5 Å². The molecular formula is C24H21F6NO6S2. The number of thiophene rings is 2. The van der Waals surface area contributed by atoms with Crippen molar-refractivity contribution in [2.45, 2.75) is 44.8 Å². The standard InChI is InChI=1S/C24H21F6NO6S2/c1-12(2)20(33)36-5-4-31-21(34)37-9-15-6-14(10-38-15)18-19(23(27,28)24(29,30)22(18,25)26)17-7-16(8-35-11-32)39-13(17)3/h6-7,10-11H,1,4-5,8-9H2,2-3H3,(H,31,34). The molecule has 0 radical (unpaired) electrons. The van der Waals surface area contributed by atoms with E-state index >= 15 is 0 Å². The molecule has 7 nitrogen and oxygen atoms in total. The number of nitrogens with one attached hydrogen (secondary N) is 1. The van der Waals surface area contributed by atoms with E-state index in [1.165, 1.54) is 13.8 Å². The van der Waals surface area contributed by atoms with Gasteiger partial charge in [-0.1, -0.05) is 6.58 Å². The molecule has 0 saturated heterocycles. The average molecular weight is 598 g/mol. The van der Waals surface area contributed by atoms with Gasteiger partial charge in [0.1, 0.15) is 19.8 Å². The molecule has 1 aliphatic carbocycles. The Labute approximate surface area is 226 Å². The fourth-order valence-electron chi connectivity index (χ4n) is 3.63. The first kappa shape index (κ1) is 30.2. The van der Waals surface area contributed by atoms with Crippen molar-refractivity contribution in [1.29, 1.82) is 0 Å². The number of allylic oxidation sites excluding steroid dienone is 2. The molecule has 0 saturated carbocycles. The molecule has 0 fully saturated rings. The van der Waals surface area contributed by atoms with E-state index in [2.05, 4.69) is 16.6 Å². The zero-order chi connectivity index (χ0) is 29.2. The monoisotopic (exact) mass is 597 g/mol. The van der Waals surface area contributed by atoms with Crippen molar-refractivity contribution in [2.75, 3.05) is 13.2 Å². The van der Waals surface area contributed by atoms with Crippen LogP contribution < -0.4 is 5.32 Å². The molecule has 1 aliphatic rings. The summed E-state index contributed by atoms with van der Waals surface area (Å²) in [6, 6.07) is 1.98. The molecule has 0 bridgehead atoms. The first-order chi connectivity index (χ1) is 18.1. The SMILES string of the molecule is C=C(C)C(=O)OCCNC(=O)OCc1cc(C2=C(c3cc(COC=O)sc3C)C(F)(F)C(F)(F)C2(F)F)cs1. The lowest BCUT2D eigenvalue weighted by atomic mass is 9.96. The van der Waals surface area contributed by atoms with Gasteiger partial charge in [-0.3, -0.25) is 4.79 Å². The molecule has 0 aliphatic heterocycles. The maximum atomic E-state index is 15.0. The van der Waals surface area contributed by atoms with Crippen LogP contribution >= 0.6 is 22.7 Å². The van der Waals surface area contributed by atoms with Gasteiger partial charge in [0.15, 0.2) is 0 Å². The lowest BCUT2D eigenvalue weighted by Crippen LogP contribution is -2.48. The predicted molar refractivity (Wildman–Crippen MR) is 130 cm³/mol. The summed E-state index contributed by atoms with van der Waals surface area (Å²) in [7, 11) is 0. The smallest absolute Gasteiger partial charge is 0.407 e. The molecule has 3 rings (SSSR count). The van der Waals surface area contributed by atoms with Gasteiger partial charge in [0.05, 0.1) is 6.54 Å². The number of amides is 1. The summed E-state index contributed by atoms with van der Waals surface area (Å²) in [6.45, 7) is 5.10. The summed E-state index contributed by atoms with van der Waals surface area (Å²) in [5.74, 6) is -16.9. The van der Waals surface area contributed by atoms with Crippen LogP contribution in [0.4, 0.5) is 31.1 Å². The number of carbonyl (C=O) groups excluding carboxylic acids is 3. The van der Waals surface area contributed by atoms with E-state index in [1.807, 2.05) is 0 Å². The molecule has 39 heavy (non-hydrogen) atoms. The van der Waals surface area contributed by atoms with Gasteiger partial charge in [0, 0.05) is 31.4 Å². The molecule has 2 heterocycles. The van der Waals surface area contributed by atoms with Crippen molar-refractivity contribution >= 4 is 52.4 Å². The summed E-state index contributed by atoms with van der Waals surface area (Å²) < 4.78 is 103. The van der Waals surface area contributed by atoms with Crippen molar-refractivity contribution in [3.8, 4) is 0 Å². The second-order valence-corrected chi connectivity index (χ2v) is 10.6. The Morgan fingerprint density at radius 3 is 2.33 bits per heavy atom. The minimum Gasteiger partial charge on any atom is -0.462 e. The van der Waals surface area contributed by atoms with Gasteiger partial charge in [0.2, 0.25) is 0 Å². The van der Waals surface area contributed by atoms with Gasteiger partial charge in [-0.25, -0.2) is 9.59 Å². The first-order valence-corrected chi connectivity index (χ1v) is 12.7. The fraction of sp³-hybridized carbons (Fsp3) is 0.375. The topological polar surface area (TPSA) is 90.9 Å². The van der Waals surface area contributed by atoms with Crippen molar-refractivity contribution in [3.05, 3.63) is 55.4 Å². The van der Waals surface area contributed by atoms with Crippen molar-refractivity contribution in [2.24, 2.45) is 0 Å². The number of ether oxygens (including phenoxy) is 3. The van der Waals surface area contributed by atoms with E-state index in [0.717, 1.165) is 40.2 Å². The molecule has 2 aromatic heterocycles. The second-order valence-electron chi connectivity index (χ2n) is 8.28. The van der Waals surface area contributed by atoms with Gasteiger partial charge in [-0.05, 0) is 42.5 Å². The molecule has 0 aromatic carbocycles. The van der Waals surface area contributed by atoms with Crippen LogP contribution in [0.15, 0.2) is 29.7 Å². The first-order valence-electron chi connectivity index (χ1n) is 11.0. The third-order valence-electron chi connectivity index (χ3n) is 5.44. The highest BCUT2D eigenvalue weighted by Crippen LogP contribution is 2.65. The van der Waals surface area contributed by atoms with Crippen LogP contribution in [0, 0.1) is 6.92 Å². The molecule has 1 amide bonds. The maximum absolute atomic E-state index is 15.0. The van der Waals surface area contributed by atoms with Crippen molar-refractivity contribution < 1.29 is 54.9 Å². The maximum Gasteiger partial charge on any atom is 0.407 e. The molecule has 0 unspecified atom stereocenters. The largest absolute Gasteiger partial charge is 0.462 e. The zero-order valence-electron chi connectivity index (χ0n) is 20.4. The van der Waals surface area contributed by atoms with Crippen LogP contribution in [0.25, 0.3) is 11.1 Å². The van der Waals surface area contributed by atoms with Gasteiger partial charge in [-0.2, -0.15) is 26.3 Å². The van der Waals surface area contributed by atoms with Gasteiger partial charge in [0.25, 0.3) is 6.47 Å². The van der Waals surface area contributed by atoms with E-state index < -0.39 is 58.7 Å². The molecule has 0 atom stereocenters. The van der Waals surface area contributed by atoms with E-state index in [4.69, 9.17) is 9.47 Å². The zero-order valence-corrected chi connectivity index (χ0v) is 22.0. The van der Waals surface area contributed by atoms with Crippen molar-refractivity contribution in [3.63, 3.8) is 0 Å². The van der Waals surface area contributed by atoms with Crippen LogP contribution in [0.3, 0.4) is 0 Å². The second kappa shape index (κ2) is 11.4. The number of hydrogen-bond acceptors (Lipinski definition) is 8. The van der Waals surface area contributed by atoms with E-state index in [0.29, 0.717) is 0 Å². The Balaban J connectivity index is 1.84. The molecule has 2 aromatic rings. The Morgan fingerprint density at radius 1 is 1.03 bits per heavy atom. The van der Waals surface area contributed by atoms with Gasteiger partial charge >= 0.3 is 29.8 Å². The van der Waals surface area contributed by atoms with Crippen LogP contribution in [0.1, 0.15) is 32.7 Å². The lowest BCUT2D eigenvalue weighted by Gasteiger charge is -2.25. The number of esters is 1. The third-order valence-corrected chi connectivity index (χ3v) is 7.37. The number of aryl methyl sites for hydroxylation is 1. The Kier molecular flexibility index (Phi) is 8.85. The quantitative estimate of drug-likeness (QED) is 0.0858. The minimum atomic E-state index is -5.73. The number of hydrogen-bond donors (Lipinski definition) is 1. The van der Waals surface area contributed by atoms with Crippen LogP contribution in [0.2, 0.25) is 0 Å². The van der Waals surface area contributed by atoms with E-state index in [-0.39, 0.29) is 46.4 Å². The summed E-state index contributed by atoms with van der Waals surface area (Å²) in [5, 5.41) is 3.27. The van der Waals surface area contributed by atoms with Crippen LogP contribution in [0.5, 0.6) is 0 Å². The predicted octanol–water partition coefficient (Wildman–Crippen LogP) is 5.97. The number of halogens is 6. The number of alkyl carbamates (subject to hydrolysis) is 1. The summed E-state index contributed by atoms with van der Waals surface area (Å²) in [5.41, 5.74) is -4.02. The highest BCUT2D eigenvalue weighted by Gasteiger charge is 2.80. The molecule has 1 N–H and O–H groups in total. The van der Waals surface area contributed by atoms with Crippen LogP contribution in [-0.4, -0.2) is 49.5 Å². The van der Waals surface area contributed by atoms with Crippen molar-refractivity contribution in [1.82, 2.24) is 5.32 Å². The summed E-state index contributed by atoms with van der Waals surface area (Å²) >= 11 is 1.57. The highest BCUT2D eigenvalue weighted by atomic mass is 32.1. The fourth-order valence-corrected chi connectivity index (χ4v) is 5.38. The Hall–Kier alpha value is -3.33. The Morgan fingerprint density at radius 2 is 1.69 bits per heavy atom. The number of carbonyl (C=O) groups is 3. The summed E-state index contributed by atoms with van der Waals surface area (Å²) in [4.78, 5) is 33.9. The molecule has 15 heteroatoms. The normalized spacial score (nSPS) is 17.0. The van der Waals surface area contributed by atoms with Gasteiger partial charge in [-0.15, -0.1) is 22.7 Å². The third kappa shape index (κ3) is 5.83. The average Bonchev–Trinajstić information content (AvgIpc) is 3.49. The number of rotatable bonds is 11. The van der Waals surface area contributed by atoms with E-state index in [1.54, 1.807) is 0 Å². The molecule has 212 valence electrons. The summed E-state index contributed by atoms with van der Waals surface area (Å²) in [6.07, 6.45) is -0.959. The lowest BCUT2D eigenvalue weighted by molar-refractivity contribution is -0.254.